The Kier molecular flexibility index (Phi) is 4.27. The van der Waals surface area contributed by atoms with Crippen LogP contribution in [0.4, 0.5) is 0 Å². The number of hydrogen-bond donors (Lipinski definition) is 0. The quantitative estimate of drug-likeness (QED) is 0.759. The zero-order valence-electron chi connectivity index (χ0n) is 9.95. The van der Waals surface area contributed by atoms with Gasteiger partial charge in [0.05, 0.1) is 11.8 Å². The van der Waals surface area contributed by atoms with Gasteiger partial charge in [0.2, 0.25) is 5.91 Å². The Hall–Kier alpha value is -0.510. The second-order valence-electron chi connectivity index (χ2n) is 4.54. The third kappa shape index (κ3) is 2.78. The van der Waals surface area contributed by atoms with Crippen LogP contribution in [0.25, 0.3) is 0 Å². The topological polar surface area (TPSA) is 32.7 Å². The van der Waals surface area contributed by atoms with Gasteiger partial charge in [0, 0.05) is 6.54 Å². The zero-order valence-corrected chi connectivity index (χ0v) is 10.8. The van der Waals surface area contributed by atoms with Crippen LogP contribution in [-0.2, 0) is 4.79 Å². The number of carbonyl (C=O) groups excluding carboxylic acids is 1. The predicted molar refractivity (Wildman–Crippen MR) is 68.8 cm³/mol. The minimum atomic E-state index is 0.237. The molecule has 0 atom stereocenters. The van der Waals surface area contributed by atoms with E-state index in [1.165, 1.54) is 32.1 Å². The van der Waals surface area contributed by atoms with Crippen molar-refractivity contribution in [2.24, 2.45) is 4.99 Å². The molecule has 0 spiro atoms. The molecule has 0 aromatic carbocycles. The number of amides is 1. The van der Waals surface area contributed by atoms with E-state index in [-0.39, 0.29) is 5.91 Å². The summed E-state index contributed by atoms with van der Waals surface area (Å²) in [6, 6.07) is 0.474. The Morgan fingerprint density at radius 1 is 1.38 bits per heavy atom. The lowest BCUT2D eigenvalue weighted by Gasteiger charge is -2.21. The summed E-state index contributed by atoms with van der Waals surface area (Å²) < 4.78 is 0. The van der Waals surface area contributed by atoms with E-state index in [2.05, 4.69) is 6.92 Å². The van der Waals surface area contributed by atoms with Crippen molar-refractivity contribution in [1.29, 1.82) is 0 Å². The lowest BCUT2D eigenvalue weighted by atomic mass is 9.96. The number of amidine groups is 1. The number of carbonyl (C=O) groups is 1. The van der Waals surface area contributed by atoms with Crippen LogP contribution in [0, 0.1) is 0 Å². The van der Waals surface area contributed by atoms with Gasteiger partial charge in [0.15, 0.2) is 5.17 Å². The van der Waals surface area contributed by atoms with Gasteiger partial charge in [-0.25, -0.2) is 0 Å². The predicted octanol–water partition coefficient (Wildman–Crippen LogP) is 2.66. The summed E-state index contributed by atoms with van der Waals surface area (Å²) in [7, 11) is 0. The SMILES string of the molecule is CCCN1C(=O)CSC1=NC1CCCCC1. The average molecular weight is 240 g/mol. The van der Waals surface area contributed by atoms with Crippen LogP contribution in [0.2, 0.25) is 0 Å². The van der Waals surface area contributed by atoms with Crippen molar-refractivity contribution in [1.82, 2.24) is 4.90 Å². The highest BCUT2D eigenvalue weighted by Gasteiger charge is 2.28. The average Bonchev–Trinajstić information content (AvgIpc) is 2.64. The molecule has 2 rings (SSSR count). The molecular weight excluding hydrogens is 220 g/mol. The molecule has 1 saturated carbocycles. The van der Waals surface area contributed by atoms with Crippen molar-refractivity contribution in [2.75, 3.05) is 12.3 Å². The van der Waals surface area contributed by atoms with E-state index in [9.17, 15) is 4.79 Å². The first-order valence-corrected chi connectivity index (χ1v) is 7.30. The minimum absolute atomic E-state index is 0.237. The Labute approximate surface area is 102 Å². The highest BCUT2D eigenvalue weighted by atomic mass is 32.2. The normalized spacial score (nSPS) is 25.7. The van der Waals surface area contributed by atoms with E-state index in [1.807, 2.05) is 4.90 Å². The van der Waals surface area contributed by atoms with Gasteiger partial charge < -0.3 is 0 Å². The molecule has 1 amide bonds. The molecule has 2 aliphatic rings. The van der Waals surface area contributed by atoms with E-state index in [1.54, 1.807) is 11.8 Å². The molecule has 1 aliphatic heterocycles. The summed E-state index contributed by atoms with van der Waals surface area (Å²) in [5, 5.41) is 0.985. The standard InChI is InChI=1S/C12H20N2OS/c1-2-8-14-11(15)9-16-12(14)13-10-6-4-3-5-7-10/h10H,2-9H2,1H3. The van der Waals surface area contributed by atoms with E-state index in [0.29, 0.717) is 11.8 Å². The highest BCUT2D eigenvalue weighted by Crippen LogP contribution is 2.25. The first-order valence-electron chi connectivity index (χ1n) is 6.32. The van der Waals surface area contributed by atoms with Gasteiger partial charge in [-0.15, -0.1) is 0 Å². The Balaban J connectivity index is 2.00. The number of aliphatic imine (C=N–C) groups is 1. The second-order valence-corrected chi connectivity index (χ2v) is 5.48. The van der Waals surface area contributed by atoms with Crippen LogP contribution in [-0.4, -0.2) is 34.3 Å². The Morgan fingerprint density at radius 2 is 2.12 bits per heavy atom. The van der Waals surface area contributed by atoms with Crippen molar-refractivity contribution in [3.05, 3.63) is 0 Å². The fourth-order valence-corrected chi connectivity index (χ4v) is 3.29. The monoisotopic (exact) mass is 240 g/mol. The molecule has 0 aromatic rings. The molecule has 1 aliphatic carbocycles. The van der Waals surface area contributed by atoms with E-state index < -0.39 is 0 Å². The maximum atomic E-state index is 11.6. The van der Waals surface area contributed by atoms with Crippen molar-refractivity contribution >= 4 is 22.8 Å². The molecule has 0 N–H and O–H groups in total. The van der Waals surface area contributed by atoms with E-state index in [0.717, 1.165) is 18.1 Å². The van der Waals surface area contributed by atoms with Gasteiger partial charge >= 0.3 is 0 Å². The maximum Gasteiger partial charge on any atom is 0.239 e. The van der Waals surface area contributed by atoms with Gasteiger partial charge in [-0.05, 0) is 19.3 Å². The number of rotatable bonds is 3. The molecule has 2 fully saturated rings. The zero-order chi connectivity index (χ0) is 11.4. The van der Waals surface area contributed by atoms with Crippen molar-refractivity contribution in [2.45, 2.75) is 51.5 Å². The van der Waals surface area contributed by atoms with Crippen LogP contribution >= 0.6 is 11.8 Å². The van der Waals surface area contributed by atoms with Gasteiger partial charge in [-0.1, -0.05) is 37.9 Å². The van der Waals surface area contributed by atoms with Crippen LogP contribution in [0.3, 0.4) is 0 Å². The molecular formula is C12H20N2OS. The van der Waals surface area contributed by atoms with Gasteiger partial charge in [0.1, 0.15) is 0 Å². The molecule has 16 heavy (non-hydrogen) atoms. The molecule has 1 heterocycles. The second kappa shape index (κ2) is 5.71. The van der Waals surface area contributed by atoms with Crippen molar-refractivity contribution < 1.29 is 4.79 Å². The summed E-state index contributed by atoms with van der Waals surface area (Å²) >= 11 is 1.62. The van der Waals surface area contributed by atoms with E-state index >= 15 is 0 Å². The third-order valence-electron chi connectivity index (χ3n) is 3.17. The molecule has 4 heteroatoms. The molecule has 1 saturated heterocycles. The first-order chi connectivity index (χ1) is 7.81. The Bertz CT molecular complexity index is 285. The first kappa shape index (κ1) is 12.0. The largest absolute Gasteiger partial charge is 0.291 e. The van der Waals surface area contributed by atoms with Gasteiger partial charge in [-0.2, -0.15) is 0 Å². The Morgan fingerprint density at radius 3 is 2.81 bits per heavy atom. The highest BCUT2D eigenvalue weighted by molar-refractivity contribution is 8.15. The summed E-state index contributed by atoms with van der Waals surface area (Å²) in [5.74, 6) is 0.826. The number of hydrogen-bond acceptors (Lipinski definition) is 3. The van der Waals surface area contributed by atoms with Crippen molar-refractivity contribution in [3.8, 4) is 0 Å². The summed E-state index contributed by atoms with van der Waals surface area (Å²) in [6.45, 7) is 2.94. The molecule has 0 unspecified atom stereocenters. The molecule has 0 radical (unpaired) electrons. The number of nitrogens with zero attached hydrogens (tertiary/aromatic N) is 2. The minimum Gasteiger partial charge on any atom is -0.291 e. The van der Waals surface area contributed by atoms with Crippen LogP contribution in [0.15, 0.2) is 4.99 Å². The summed E-state index contributed by atoms with van der Waals surface area (Å²) in [5.41, 5.74) is 0. The lowest BCUT2D eigenvalue weighted by Crippen LogP contribution is -2.31. The van der Waals surface area contributed by atoms with Gasteiger partial charge in [-0.3, -0.25) is 14.7 Å². The van der Waals surface area contributed by atoms with Crippen LogP contribution in [0.5, 0.6) is 0 Å². The summed E-state index contributed by atoms with van der Waals surface area (Å²) in [4.78, 5) is 18.3. The number of thioether (sulfide) groups is 1. The van der Waals surface area contributed by atoms with Crippen LogP contribution in [0.1, 0.15) is 45.4 Å². The summed E-state index contributed by atoms with van der Waals surface area (Å²) in [6.07, 6.45) is 7.38. The van der Waals surface area contributed by atoms with E-state index in [4.69, 9.17) is 4.99 Å². The molecule has 0 bridgehead atoms. The fourth-order valence-electron chi connectivity index (χ4n) is 2.31. The lowest BCUT2D eigenvalue weighted by molar-refractivity contribution is -0.124. The maximum absolute atomic E-state index is 11.6. The van der Waals surface area contributed by atoms with Crippen molar-refractivity contribution in [3.63, 3.8) is 0 Å². The smallest absolute Gasteiger partial charge is 0.239 e. The van der Waals surface area contributed by atoms with Gasteiger partial charge in [0.25, 0.3) is 0 Å². The molecule has 90 valence electrons. The molecule has 3 nitrogen and oxygen atoms in total. The fraction of sp³-hybridized carbons (Fsp3) is 0.833. The third-order valence-corrected chi connectivity index (χ3v) is 4.15. The molecule has 0 aromatic heterocycles. The van der Waals surface area contributed by atoms with Crippen LogP contribution < -0.4 is 0 Å².